The molecule has 0 bridgehead atoms. The van der Waals surface area contributed by atoms with Crippen LogP contribution in [0.1, 0.15) is 27.2 Å². The zero-order valence-electron chi connectivity index (χ0n) is 8.00. The number of hydrogen-bond acceptors (Lipinski definition) is 1. The second kappa shape index (κ2) is 4.96. The van der Waals surface area contributed by atoms with E-state index in [1.54, 1.807) is 4.90 Å². The average Bonchev–Trinajstić information content (AvgIpc) is 2.00. The summed E-state index contributed by atoms with van der Waals surface area (Å²) in [7, 11) is 2.20. The van der Waals surface area contributed by atoms with E-state index in [1.165, 1.54) is 13.1 Å². The Balaban J connectivity index is 3.52. The van der Waals surface area contributed by atoms with Gasteiger partial charge in [-0.2, -0.15) is 0 Å². The van der Waals surface area contributed by atoms with Gasteiger partial charge in [-0.15, -0.1) is 0 Å². The molecule has 0 heterocycles. The Morgan fingerprint density at radius 1 is 1.45 bits per heavy atom. The minimum absolute atomic E-state index is 0.0674. The maximum absolute atomic E-state index is 5.56. The van der Waals surface area contributed by atoms with Gasteiger partial charge in [0.2, 0.25) is 0 Å². The highest BCUT2D eigenvalue weighted by atomic mass is 35.5. The number of nitrogens with one attached hydrogen (secondary N) is 2. The maximum atomic E-state index is 5.56. The predicted molar refractivity (Wildman–Crippen MR) is 50.0 cm³/mol. The Morgan fingerprint density at radius 3 is 2.36 bits per heavy atom. The van der Waals surface area contributed by atoms with E-state index < -0.39 is 0 Å². The van der Waals surface area contributed by atoms with Crippen LogP contribution in [0.15, 0.2) is 0 Å². The monoisotopic (exact) mass is 179 g/mol. The fourth-order valence-electron chi connectivity index (χ4n) is 0.750. The van der Waals surface area contributed by atoms with Gasteiger partial charge in [-0.3, -0.25) is 0 Å². The summed E-state index contributed by atoms with van der Waals surface area (Å²) in [5, 5.41) is 0. The third kappa shape index (κ3) is 5.48. The molecule has 0 saturated carbocycles. The summed E-state index contributed by atoms with van der Waals surface area (Å²) in [6.45, 7) is 8.77. The number of rotatable bonds is 5. The van der Waals surface area contributed by atoms with Crippen LogP contribution in [0.5, 0.6) is 0 Å². The summed E-state index contributed by atoms with van der Waals surface area (Å²) in [5.74, 6) is 0. The first kappa shape index (κ1) is 11.2. The van der Waals surface area contributed by atoms with Crippen molar-refractivity contribution < 1.29 is 4.90 Å². The second-order valence-electron chi connectivity index (χ2n) is 3.79. The smallest absolute Gasteiger partial charge is 0.0786 e. The van der Waals surface area contributed by atoms with Crippen molar-refractivity contribution in [3.63, 3.8) is 0 Å². The quantitative estimate of drug-likeness (QED) is 0.586. The standard InChI is InChI=1S/C8H19ClN2/c1-5-11(4)7-6-8(2,3)10-9/h10H,5-7H2,1-4H3/p+1. The lowest BCUT2D eigenvalue weighted by Gasteiger charge is -2.23. The van der Waals surface area contributed by atoms with Crippen molar-refractivity contribution in [2.75, 3.05) is 20.1 Å². The third-order valence-electron chi connectivity index (χ3n) is 2.04. The Hall–Kier alpha value is 0.210. The van der Waals surface area contributed by atoms with E-state index in [4.69, 9.17) is 11.8 Å². The van der Waals surface area contributed by atoms with Crippen molar-refractivity contribution >= 4 is 11.8 Å². The molecule has 0 amide bonds. The van der Waals surface area contributed by atoms with Crippen molar-refractivity contribution in [1.82, 2.24) is 4.84 Å². The Labute approximate surface area is 75.0 Å². The second-order valence-corrected chi connectivity index (χ2v) is 3.98. The van der Waals surface area contributed by atoms with Gasteiger partial charge in [-0.1, -0.05) is 0 Å². The minimum atomic E-state index is 0.0674. The van der Waals surface area contributed by atoms with Gasteiger partial charge in [0.25, 0.3) is 0 Å². The van der Waals surface area contributed by atoms with E-state index in [-0.39, 0.29) is 5.54 Å². The predicted octanol–water partition coefficient (Wildman–Crippen LogP) is 0.433. The highest BCUT2D eigenvalue weighted by Gasteiger charge is 2.17. The highest BCUT2D eigenvalue weighted by molar-refractivity contribution is 6.13. The van der Waals surface area contributed by atoms with E-state index in [1.807, 2.05) is 0 Å². The molecular formula is C8H20ClN2+. The summed E-state index contributed by atoms with van der Waals surface area (Å²) >= 11 is 5.56. The first-order valence-corrected chi connectivity index (χ1v) is 4.58. The zero-order chi connectivity index (χ0) is 8.91. The van der Waals surface area contributed by atoms with Crippen LogP contribution in [0.3, 0.4) is 0 Å². The van der Waals surface area contributed by atoms with Crippen LogP contribution >= 0.6 is 11.8 Å². The molecule has 0 aliphatic carbocycles. The first-order valence-electron chi connectivity index (χ1n) is 4.21. The van der Waals surface area contributed by atoms with Crippen molar-refractivity contribution in [2.24, 2.45) is 0 Å². The fraction of sp³-hybridized carbons (Fsp3) is 1.00. The molecule has 68 valence electrons. The van der Waals surface area contributed by atoms with Crippen LogP contribution in [-0.2, 0) is 0 Å². The lowest BCUT2D eigenvalue weighted by molar-refractivity contribution is -0.878. The molecule has 0 aliphatic rings. The molecule has 1 unspecified atom stereocenters. The SMILES string of the molecule is CC[NH+](C)CCC(C)(C)NCl. The van der Waals surface area contributed by atoms with Gasteiger partial charge in [0.05, 0.1) is 20.1 Å². The van der Waals surface area contributed by atoms with Gasteiger partial charge in [-0.25, -0.2) is 4.84 Å². The molecule has 0 saturated heterocycles. The van der Waals surface area contributed by atoms with Gasteiger partial charge in [0.1, 0.15) is 0 Å². The average molecular weight is 180 g/mol. The summed E-state index contributed by atoms with van der Waals surface area (Å²) < 4.78 is 0. The Bertz CT molecular complexity index is 104. The Morgan fingerprint density at radius 2 is 2.00 bits per heavy atom. The van der Waals surface area contributed by atoms with E-state index in [0.717, 1.165) is 6.42 Å². The molecule has 0 rings (SSSR count). The zero-order valence-corrected chi connectivity index (χ0v) is 8.76. The molecule has 0 fully saturated rings. The lowest BCUT2D eigenvalue weighted by Crippen LogP contribution is -3.08. The molecule has 11 heavy (non-hydrogen) atoms. The Kier molecular flexibility index (Phi) is 5.06. The maximum Gasteiger partial charge on any atom is 0.0786 e. The van der Waals surface area contributed by atoms with Crippen LogP contribution in [0, 0.1) is 0 Å². The fourth-order valence-corrected chi connectivity index (χ4v) is 0.844. The topological polar surface area (TPSA) is 16.5 Å². The molecule has 3 heteroatoms. The van der Waals surface area contributed by atoms with Gasteiger partial charge in [0.15, 0.2) is 0 Å². The molecule has 0 radical (unpaired) electrons. The van der Waals surface area contributed by atoms with Crippen molar-refractivity contribution in [1.29, 1.82) is 0 Å². The number of quaternary nitrogens is 1. The summed E-state index contributed by atoms with van der Waals surface area (Å²) in [6.07, 6.45) is 1.11. The molecule has 2 nitrogen and oxygen atoms in total. The van der Waals surface area contributed by atoms with Gasteiger partial charge in [0, 0.05) is 12.0 Å². The van der Waals surface area contributed by atoms with E-state index >= 15 is 0 Å². The molecule has 0 spiro atoms. The molecular weight excluding hydrogens is 160 g/mol. The summed E-state index contributed by atoms with van der Waals surface area (Å²) in [4.78, 5) is 4.33. The molecule has 1 atom stereocenters. The lowest BCUT2D eigenvalue weighted by atomic mass is 10.0. The van der Waals surface area contributed by atoms with Gasteiger partial charge >= 0.3 is 0 Å². The van der Waals surface area contributed by atoms with Crippen LogP contribution in [0.4, 0.5) is 0 Å². The van der Waals surface area contributed by atoms with Crippen molar-refractivity contribution in [3.05, 3.63) is 0 Å². The number of hydrogen-bond donors (Lipinski definition) is 2. The minimum Gasteiger partial charge on any atom is -0.338 e. The highest BCUT2D eigenvalue weighted by Crippen LogP contribution is 2.06. The molecule has 0 aromatic heterocycles. The molecule has 0 aliphatic heterocycles. The number of halogens is 1. The first-order chi connectivity index (χ1) is 5.02. The van der Waals surface area contributed by atoms with Gasteiger partial charge in [-0.05, 0) is 32.5 Å². The van der Waals surface area contributed by atoms with Crippen LogP contribution in [0.2, 0.25) is 0 Å². The van der Waals surface area contributed by atoms with Gasteiger partial charge < -0.3 is 4.90 Å². The van der Waals surface area contributed by atoms with E-state index in [0.29, 0.717) is 0 Å². The summed E-state index contributed by atoms with van der Waals surface area (Å²) in [6, 6.07) is 0. The normalized spacial score (nSPS) is 15.0. The summed E-state index contributed by atoms with van der Waals surface area (Å²) in [5.41, 5.74) is 0.0674. The largest absolute Gasteiger partial charge is 0.338 e. The molecule has 2 N–H and O–H groups in total. The molecule has 0 aromatic carbocycles. The van der Waals surface area contributed by atoms with Crippen LogP contribution in [-0.4, -0.2) is 25.7 Å². The molecule has 0 aromatic rings. The van der Waals surface area contributed by atoms with E-state index in [9.17, 15) is 0 Å². The van der Waals surface area contributed by atoms with E-state index in [2.05, 4.69) is 32.7 Å². The third-order valence-corrected chi connectivity index (χ3v) is 2.55. The van der Waals surface area contributed by atoms with Crippen molar-refractivity contribution in [3.8, 4) is 0 Å². The van der Waals surface area contributed by atoms with Crippen LogP contribution in [0.25, 0.3) is 0 Å². The van der Waals surface area contributed by atoms with Crippen molar-refractivity contribution in [2.45, 2.75) is 32.7 Å². The van der Waals surface area contributed by atoms with Crippen LogP contribution < -0.4 is 9.74 Å².